The molecule has 0 aliphatic rings. The number of carbonyl (C=O) groups is 3. The third-order valence-electron chi connectivity index (χ3n) is 1.61. The number of rotatable bonds is 3. The van der Waals surface area contributed by atoms with E-state index in [2.05, 4.69) is 5.32 Å². The van der Waals surface area contributed by atoms with Crippen molar-refractivity contribution in [3.05, 3.63) is 29.8 Å². The Kier molecular flexibility index (Phi) is 3.02. The number of anilines is 1. The third-order valence-corrected chi connectivity index (χ3v) is 1.61. The lowest BCUT2D eigenvalue weighted by molar-refractivity contribution is -0.131. The second-order valence-electron chi connectivity index (χ2n) is 2.70. The van der Waals surface area contributed by atoms with Crippen LogP contribution in [0.2, 0.25) is 0 Å². The Morgan fingerprint density at radius 2 is 1.67 bits per heavy atom. The quantitative estimate of drug-likeness (QED) is 0.494. The minimum absolute atomic E-state index is 0.0394. The van der Waals surface area contributed by atoms with Gasteiger partial charge < -0.3 is 16.2 Å². The van der Waals surface area contributed by atoms with Gasteiger partial charge in [0.2, 0.25) is 0 Å². The van der Waals surface area contributed by atoms with Crippen LogP contribution in [0.15, 0.2) is 24.3 Å². The molecular weight excluding hydrogens is 200 g/mol. The Labute approximate surface area is 84.7 Å². The van der Waals surface area contributed by atoms with Gasteiger partial charge >= 0.3 is 12.0 Å². The Balaban J connectivity index is 2.85. The molecule has 15 heavy (non-hydrogen) atoms. The molecule has 0 atom stereocenters. The molecule has 78 valence electrons. The molecule has 0 bridgehead atoms. The predicted octanol–water partition coefficient (Wildman–Crippen LogP) is 0.445. The molecule has 0 aliphatic heterocycles. The van der Waals surface area contributed by atoms with Crippen molar-refractivity contribution in [3.8, 4) is 0 Å². The first-order chi connectivity index (χ1) is 7.00. The summed E-state index contributed by atoms with van der Waals surface area (Å²) in [5.74, 6) is -2.52. The van der Waals surface area contributed by atoms with Crippen LogP contribution in [-0.4, -0.2) is 22.9 Å². The second kappa shape index (κ2) is 4.23. The monoisotopic (exact) mass is 208 g/mol. The summed E-state index contributed by atoms with van der Waals surface area (Å²) in [6.07, 6.45) is 0. The van der Waals surface area contributed by atoms with Crippen molar-refractivity contribution >= 4 is 23.5 Å². The number of carbonyl (C=O) groups excluding carboxylic acids is 2. The van der Waals surface area contributed by atoms with Gasteiger partial charge in [0.1, 0.15) is 0 Å². The van der Waals surface area contributed by atoms with Gasteiger partial charge in [-0.1, -0.05) is 0 Å². The largest absolute Gasteiger partial charge is 0.475 e. The van der Waals surface area contributed by atoms with E-state index in [1.807, 2.05) is 0 Å². The number of hydrogen-bond donors (Lipinski definition) is 3. The maximum absolute atomic E-state index is 11.0. The van der Waals surface area contributed by atoms with Gasteiger partial charge in [-0.15, -0.1) is 0 Å². The highest BCUT2D eigenvalue weighted by Gasteiger charge is 2.13. The highest BCUT2D eigenvalue weighted by atomic mass is 16.4. The van der Waals surface area contributed by atoms with E-state index in [-0.39, 0.29) is 5.56 Å². The number of primary amides is 1. The number of carboxylic acids is 1. The molecule has 1 aromatic carbocycles. The summed E-state index contributed by atoms with van der Waals surface area (Å²) >= 11 is 0. The summed E-state index contributed by atoms with van der Waals surface area (Å²) in [4.78, 5) is 31.7. The summed E-state index contributed by atoms with van der Waals surface area (Å²) in [5.41, 5.74) is 5.29. The van der Waals surface area contributed by atoms with Gasteiger partial charge in [-0.25, -0.2) is 9.59 Å². The van der Waals surface area contributed by atoms with Gasteiger partial charge in [0, 0.05) is 11.3 Å². The summed E-state index contributed by atoms with van der Waals surface area (Å²) in [7, 11) is 0. The van der Waals surface area contributed by atoms with E-state index < -0.39 is 17.8 Å². The average molecular weight is 208 g/mol. The van der Waals surface area contributed by atoms with Crippen LogP contribution >= 0.6 is 0 Å². The van der Waals surface area contributed by atoms with Crippen molar-refractivity contribution in [1.29, 1.82) is 0 Å². The van der Waals surface area contributed by atoms with Gasteiger partial charge in [0.05, 0.1) is 0 Å². The summed E-state index contributed by atoms with van der Waals surface area (Å²) in [6.45, 7) is 0. The number of urea groups is 1. The zero-order chi connectivity index (χ0) is 11.4. The second-order valence-corrected chi connectivity index (χ2v) is 2.70. The van der Waals surface area contributed by atoms with Crippen LogP contribution in [0.1, 0.15) is 10.4 Å². The molecule has 2 amide bonds. The fourth-order valence-electron chi connectivity index (χ4n) is 0.971. The number of nitrogens with one attached hydrogen (secondary N) is 1. The van der Waals surface area contributed by atoms with Crippen molar-refractivity contribution in [2.45, 2.75) is 0 Å². The molecule has 0 fully saturated rings. The first-order valence-electron chi connectivity index (χ1n) is 3.95. The average Bonchev–Trinajstić information content (AvgIpc) is 2.17. The summed E-state index contributed by atoms with van der Waals surface area (Å²) in [6, 6.07) is 4.64. The molecular formula is C9H8N2O4. The first kappa shape index (κ1) is 10.7. The van der Waals surface area contributed by atoms with E-state index in [1.165, 1.54) is 24.3 Å². The molecule has 6 heteroatoms. The molecule has 0 saturated carbocycles. The number of nitrogens with two attached hydrogens (primary N) is 1. The molecule has 0 saturated heterocycles. The standard InChI is InChI=1S/C9H8N2O4/c10-9(15)11-6-3-1-5(2-4-6)7(12)8(13)14/h1-4H,(H,13,14)(H3,10,11,15). The van der Waals surface area contributed by atoms with Crippen LogP contribution in [0, 0.1) is 0 Å². The van der Waals surface area contributed by atoms with Gasteiger partial charge in [-0.2, -0.15) is 0 Å². The minimum atomic E-state index is -1.52. The highest BCUT2D eigenvalue weighted by Crippen LogP contribution is 2.09. The third kappa shape index (κ3) is 2.80. The van der Waals surface area contributed by atoms with Crippen LogP contribution in [-0.2, 0) is 4.79 Å². The van der Waals surface area contributed by atoms with Crippen LogP contribution in [0.5, 0.6) is 0 Å². The number of ketones is 1. The maximum atomic E-state index is 11.0. The van der Waals surface area contributed by atoms with Crippen molar-refractivity contribution in [2.24, 2.45) is 5.73 Å². The number of benzene rings is 1. The van der Waals surface area contributed by atoms with Crippen LogP contribution in [0.3, 0.4) is 0 Å². The van der Waals surface area contributed by atoms with E-state index in [1.54, 1.807) is 0 Å². The van der Waals surface area contributed by atoms with E-state index in [9.17, 15) is 14.4 Å². The van der Waals surface area contributed by atoms with Gasteiger partial charge in [0.15, 0.2) is 0 Å². The zero-order valence-corrected chi connectivity index (χ0v) is 7.56. The topological polar surface area (TPSA) is 109 Å². The van der Waals surface area contributed by atoms with Gasteiger partial charge in [-0.3, -0.25) is 4.79 Å². The van der Waals surface area contributed by atoms with E-state index in [0.29, 0.717) is 5.69 Å². The smallest absolute Gasteiger partial charge is 0.377 e. The fraction of sp³-hybridized carbons (Fsp3) is 0. The van der Waals surface area contributed by atoms with E-state index >= 15 is 0 Å². The van der Waals surface area contributed by atoms with Crippen molar-refractivity contribution in [2.75, 3.05) is 5.32 Å². The molecule has 0 aliphatic carbocycles. The Morgan fingerprint density at radius 3 is 2.07 bits per heavy atom. The number of aliphatic carboxylic acids is 1. The minimum Gasteiger partial charge on any atom is -0.475 e. The fourth-order valence-corrected chi connectivity index (χ4v) is 0.971. The Bertz CT molecular complexity index is 411. The lowest BCUT2D eigenvalue weighted by atomic mass is 10.1. The number of carboxylic acid groups (broad SMARTS) is 1. The highest BCUT2D eigenvalue weighted by molar-refractivity contribution is 6.39. The molecule has 0 spiro atoms. The molecule has 1 rings (SSSR count). The number of Topliss-reactive ketones (excluding diaryl/α,β-unsaturated/α-hetero) is 1. The molecule has 0 heterocycles. The molecule has 0 radical (unpaired) electrons. The van der Waals surface area contributed by atoms with Crippen LogP contribution in [0.25, 0.3) is 0 Å². The Hall–Kier alpha value is -2.37. The van der Waals surface area contributed by atoms with Gasteiger partial charge in [0.25, 0.3) is 5.78 Å². The summed E-state index contributed by atoms with van der Waals surface area (Å²) in [5, 5.41) is 10.7. The van der Waals surface area contributed by atoms with E-state index in [0.717, 1.165) is 0 Å². The molecule has 1 aromatic rings. The Morgan fingerprint density at radius 1 is 1.13 bits per heavy atom. The normalized spacial score (nSPS) is 9.33. The number of amides is 2. The molecule has 0 unspecified atom stereocenters. The molecule has 4 N–H and O–H groups in total. The number of hydrogen-bond acceptors (Lipinski definition) is 3. The predicted molar refractivity (Wildman–Crippen MR) is 51.6 cm³/mol. The lowest BCUT2D eigenvalue weighted by Crippen LogP contribution is -2.19. The zero-order valence-electron chi connectivity index (χ0n) is 7.56. The maximum Gasteiger partial charge on any atom is 0.377 e. The van der Waals surface area contributed by atoms with Crippen molar-refractivity contribution in [3.63, 3.8) is 0 Å². The van der Waals surface area contributed by atoms with Crippen molar-refractivity contribution < 1.29 is 19.5 Å². The SMILES string of the molecule is NC(=O)Nc1ccc(C(=O)C(=O)O)cc1. The molecule has 0 aromatic heterocycles. The van der Waals surface area contributed by atoms with E-state index in [4.69, 9.17) is 10.8 Å². The summed E-state index contributed by atoms with van der Waals surface area (Å²) < 4.78 is 0. The molecule has 6 nitrogen and oxygen atoms in total. The van der Waals surface area contributed by atoms with Crippen molar-refractivity contribution in [1.82, 2.24) is 0 Å². The van der Waals surface area contributed by atoms with Crippen LogP contribution < -0.4 is 11.1 Å². The van der Waals surface area contributed by atoms with Gasteiger partial charge in [-0.05, 0) is 24.3 Å². The first-order valence-corrected chi connectivity index (χ1v) is 3.95. The van der Waals surface area contributed by atoms with Crippen LogP contribution in [0.4, 0.5) is 10.5 Å². The lowest BCUT2D eigenvalue weighted by Gasteiger charge is -2.01.